The van der Waals surface area contributed by atoms with Crippen molar-refractivity contribution in [2.45, 2.75) is 37.9 Å². The molecule has 84 valence electrons. The standard InChI is InChI=1S/C9H18O5/c1-3-5-6(4-10)14-9(13-2)8(12)7(5)11/h5-12H,3-4H2,1-2H3/t5-,6?,7-,8?,9+/m0/s1. The minimum absolute atomic E-state index is 0.178. The van der Waals surface area contributed by atoms with Crippen molar-refractivity contribution in [1.82, 2.24) is 0 Å². The molecule has 0 aromatic carbocycles. The van der Waals surface area contributed by atoms with Gasteiger partial charge in [0.2, 0.25) is 0 Å². The summed E-state index contributed by atoms with van der Waals surface area (Å²) in [6.07, 6.45) is -2.64. The molecular formula is C9H18O5. The average molecular weight is 206 g/mol. The van der Waals surface area contributed by atoms with Gasteiger partial charge in [-0.15, -0.1) is 0 Å². The zero-order valence-electron chi connectivity index (χ0n) is 8.46. The topological polar surface area (TPSA) is 79.2 Å². The zero-order valence-corrected chi connectivity index (χ0v) is 8.46. The van der Waals surface area contributed by atoms with Crippen LogP contribution in [0.5, 0.6) is 0 Å². The summed E-state index contributed by atoms with van der Waals surface area (Å²) in [6, 6.07) is 0. The van der Waals surface area contributed by atoms with Gasteiger partial charge in [-0.1, -0.05) is 6.92 Å². The highest BCUT2D eigenvalue weighted by Gasteiger charge is 2.43. The second kappa shape index (κ2) is 5.04. The van der Waals surface area contributed by atoms with E-state index in [0.29, 0.717) is 6.42 Å². The molecule has 0 aliphatic carbocycles. The molecule has 0 aromatic rings. The van der Waals surface area contributed by atoms with Gasteiger partial charge in [-0.25, -0.2) is 0 Å². The fourth-order valence-electron chi connectivity index (χ4n) is 1.87. The van der Waals surface area contributed by atoms with E-state index in [2.05, 4.69) is 0 Å². The van der Waals surface area contributed by atoms with Crippen molar-refractivity contribution >= 4 is 0 Å². The highest BCUT2D eigenvalue weighted by atomic mass is 16.7. The van der Waals surface area contributed by atoms with Gasteiger partial charge in [0.25, 0.3) is 0 Å². The van der Waals surface area contributed by atoms with E-state index in [1.165, 1.54) is 7.11 Å². The molecule has 1 heterocycles. The normalized spacial score (nSPS) is 43.9. The van der Waals surface area contributed by atoms with Crippen LogP contribution < -0.4 is 0 Å². The highest BCUT2D eigenvalue weighted by Crippen LogP contribution is 2.28. The molecule has 5 nitrogen and oxygen atoms in total. The smallest absolute Gasteiger partial charge is 0.186 e. The zero-order chi connectivity index (χ0) is 10.7. The van der Waals surface area contributed by atoms with Crippen molar-refractivity contribution in [2.24, 2.45) is 5.92 Å². The molecule has 1 aliphatic rings. The van der Waals surface area contributed by atoms with Crippen LogP contribution in [-0.4, -0.2) is 53.6 Å². The lowest BCUT2D eigenvalue weighted by molar-refractivity contribution is -0.283. The van der Waals surface area contributed by atoms with Crippen LogP contribution in [0.4, 0.5) is 0 Å². The second-order valence-electron chi connectivity index (χ2n) is 3.51. The molecule has 0 saturated carbocycles. The molecule has 1 aliphatic heterocycles. The number of methoxy groups -OCH3 is 1. The molecule has 0 amide bonds. The van der Waals surface area contributed by atoms with Gasteiger partial charge < -0.3 is 24.8 Å². The Morgan fingerprint density at radius 1 is 1.29 bits per heavy atom. The van der Waals surface area contributed by atoms with Crippen LogP contribution in [0.15, 0.2) is 0 Å². The first-order chi connectivity index (χ1) is 6.65. The molecule has 0 spiro atoms. The predicted octanol–water partition coefficient (Wildman–Crippen LogP) is -0.902. The van der Waals surface area contributed by atoms with Crippen LogP contribution in [0.2, 0.25) is 0 Å². The van der Waals surface area contributed by atoms with Crippen LogP contribution >= 0.6 is 0 Å². The largest absolute Gasteiger partial charge is 0.394 e. The highest BCUT2D eigenvalue weighted by molar-refractivity contribution is 4.87. The lowest BCUT2D eigenvalue weighted by atomic mass is 9.87. The molecular weight excluding hydrogens is 188 g/mol. The van der Waals surface area contributed by atoms with Crippen LogP contribution in [0, 0.1) is 5.92 Å². The SMILES string of the molecule is CC[C@H]1C(CO)O[C@@H](OC)C(O)[C@H]1O. The Labute approximate surface area is 83.3 Å². The van der Waals surface area contributed by atoms with Crippen molar-refractivity contribution in [2.75, 3.05) is 13.7 Å². The van der Waals surface area contributed by atoms with Gasteiger partial charge in [-0.3, -0.25) is 0 Å². The first-order valence-electron chi connectivity index (χ1n) is 4.80. The minimum atomic E-state index is -1.05. The number of aliphatic hydroxyl groups excluding tert-OH is 3. The van der Waals surface area contributed by atoms with E-state index < -0.39 is 24.6 Å². The van der Waals surface area contributed by atoms with Crippen LogP contribution in [0.1, 0.15) is 13.3 Å². The molecule has 1 saturated heterocycles. The monoisotopic (exact) mass is 206 g/mol. The van der Waals surface area contributed by atoms with E-state index in [-0.39, 0.29) is 12.5 Å². The van der Waals surface area contributed by atoms with Gasteiger partial charge in [-0.05, 0) is 6.42 Å². The summed E-state index contributed by atoms with van der Waals surface area (Å²) in [6.45, 7) is 1.70. The quantitative estimate of drug-likeness (QED) is 0.557. The second-order valence-corrected chi connectivity index (χ2v) is 3.51. The summed E-state index contributed by atoms with van der Waals surface area (Å²) in [5.74, 6) is -0.249. The van der Waals surface area contributed by atoms with Gasteiger partial charge in [0.1, 0.15) is 6.10 Å². The molecule has 1 fully saturated rings. The van der Waals surface area contributed by atoms with Gasteiger partial charge in [0.05, 0.1) is 18.8 Å². The summed E-state index contributed by atoms with van der Waals surface area (Å²) in [7, 11) is 1.39. The number of hydrogen-bond donors (Lipinski definition) is 3. The number of aliphatic hydroxyl groups is 3. The van der Waals surface area contributed by atoms with Gasteiger partial charge in [-0.2, -0.15) is 0 Å². The van der Waals surface area contributed by atoms with E-state index in [0.717, 1.165) is 0 Å². The molecule has 2 unspecified atom stereocenters. The van der Waals surface area contributed by atoms with Crippen LogP contribution in [0.3, 0.4) is 0 Å². The Morgan fingerprint density at radius 3 is 2.36 bits per heavy atom. The predicted molar refractivity (Wildman–Crippen MR) is 48.6 cm³/mol. The van der Waals surface area contributed by atoms with E-state index in [1.807, 2.05) is 6.92 Å². The Bertz CT molecular complexity index is 173. The third-order valence-corrected chi connectivity index (χ3v) is 2.74. The molecule has 1 rings (SSSR count). The third-order valence-electron chi connectivity index (χ3n) is 2.74. The lowest BCUT2D eigenvalue weighted by Gasteiger charge is -2.41. The Kier molecular flexibility index (Phi) is 4.28. The van der Waals surface area contributed by atoms with E-state index in [4.69, 9.17) is 14.6 Å². The molecule has 5 atom stereocenters. The number of ether oxygens (including phenoxy) is 2. The first kappa shape index (κ1) is 11.9. The minimum Gasteiger partial charge on any atom is -0.394 e. The van der Waals surface area contributed by atoms with Crippen molar-refractivity contribution < 1.29 is 24.8 Å². The summed E-state index contributed by atoms with van der Waals surface area (Å²) in [4.78, 5) is 0. The van der Waals surface area contributed by atoms with E-state index in [1.54, 1.807) is 0 Å². The summed E-state index contributed by atoms with van der Waals surface area (Å²) in [5, 5.41) is 28.3. The maximum absolute atomic E-state index is 9.72. The summed E-state index contributed by atoms with van der Waals surface area (Å²) < 4.78 is 10.1. The third kappa shape index (κ3) is 2.07. The van der Waals surface area contributed by atoms with Gasteiger partial charge in [0, 0.05) is 13.0 Å². The van der Waals surface area contributed by atoms with Crippen LogP contribution in [0.25, 0.3) is 0 Å². The molecule has 5 heteroatoms. The Hall–Kier alpha value is -0.200. The molecule has 3 N–H and O–H groups in total. The van der Waals surface area contributed by atoms with Gasteiger partial charge in [0.15, 0.2) is 6.29 Å². The van der Waals surface area contributed by atoms with E-state index >= 15 is 0 Å². The maximum atomic E-state index is 9.72. The molecule has 0 bridgehead atoms. The van der Waals surface area contributed by atoms with Crippen molar-refractivity contribution in [3.63, 3.8) is 0 Å². The first-order valence-corrected chi connectivity index (χ1v) is 4.80. The maximum Gasteiger partial charge on any atom is 0.186 e. The molecule has 14 heavy (non-hydrogen) atoms. The summed E-state index contributed by atoms with van der Waals surface area (Å²) in [5.41, 5.74) is 0. The van der Waals surface area contributed by atoms with Crippen molar-refractivity contribution in [3.05, 3.63) is 0 Å². The summed E-state index contributed by atoms with van der Waals surface area (Å²) >= 11 is 0. The van der Waals surface area contributed by atoms with Crippen LogP contribution in [-0.2, 0) is 9.47 Å². The number of rotatable bonds is 3. The lowest BCUT2D eigenvalue weighted by Crippen LogP contribution is -2.55. The fraction of sp³-hybridized carbons (Fsp3) is 1.00. The van der Waals surface area contributed by atoms with E-state index in [9.17, 15) is 10.2 Å². The molecule has 0 aromatic heterocycles. The van der Waals surface area contributed by atoms with Crippen molar-refractivity contribution in [3.8, 4) is 0 Å². The van der Waals surface area contributed by atoms with Gasteiger partial charge >= 0.3 is 0 Å². The van der Waals surface area contributed by atoms with Crippen molar-refractivity contribution in [1.29, 1.82) is 0 Å². The fourth-order valence-corrected chi connectivity index (χ4v) is 1.87. The molecule has 0 radical (unpaired) electrons. The Balaban J connectivity index is 2.71. The number of hydrogen-bond acceptors (Lipinski definition) is 5. The average Bonchev–Trinajstić information content (AvgIpc) is 2.21. The Morgan fingerprint density at radius 2 is 1.93 bits per heavy atom.